The summed E-state index contributed by atoms with van der Waals surface area (Å²) in [7, 11) is -4.28. The van der Waals surface area contributed by atoms with Crippen LogP contribution in [0.2, 0.25) is 0 Å². The second-order valence-electron chi connectivity index (χ2n) is 16.7. The Hall–Kier alpha value is -1.28. The maximum atomic E-state index is 12.6. The number of esters is 1. The summed E-state index contributed by atoms with van der Waals surface area (Å²) in [4.78, 5) is 22.6. The first kappa shape index (κ1) is 57.7. The molecule has 0 radical (unpaired) electrons. The zero-order valence-corrected chi connectivity index (χ0v) is 39.6. The van der Waals surface area contributed by atoms with Crippen LogP contribution in [-0.2, 0) is 27.9 Å². The van der Waals surface area contributed by atoms with Gasteiger partial charge in [-0.2, -0.15) is 0 Å². The third-order valence-corrected chi connectivity index (χ3v) is 11.8. The molecule has 0 aromatic rings. The lowest BCUT2D eigenvalue weighted by atomic mass is 10.0. The number of hydrogen-bond acceptors (Lipinski definition) is 7. The molecule has 0 saturated heterocycles. The Kier molecular flexibility index (Phi) is 46.7. The van der Waals surface area contributed by atoms with Gasteiger partial charge in [0.05, 0.1) is 19.8 Å². The number of carbonyl (C=O) groups is 1. The Labute approximate surface area is 365 Å². The van der Waals surface area contributed by atoms with Gasteiger partial charge >= 0.3 is 13.8 Å². The summed E-state index contributed by atoms with van der Waals surface area (Å²) in [6.07, 6.45) is 56.0. The summed E-state index contributed by atoms with van der Waals surface area (Å²) in [5.41, 5.74) is 5.38. The Balaban J connectivity index is 3.98. The fourth-order valence-electron chi connectivity index (χ4n) is 7.12. The van der Waals surface area contributed by atoms with Crippen molar-refractivity contribution in [1.29, 1.82) is 0 Å². The predicted octanol–water partition coefficient (Wildman–Crippen LogP) is 15.4. The van der Waals surface area contributed by atoms with Crippen LogP contribution in [0.25, 0.3) is 0 Å². The van der Waals surface area contributed by atoms with Crippen LogP contribution in [-0.4, -0.2) is 49.9 Å². The van der Waals surface area contributed by atoms with E-state index in [2.05, 4.69) is 50.3 Å². The van der Waals surface area contributed by atoms with Crippen LogP contribution in [0.5, 0.6) is 0 Å². The summed E-state index contributed by atoms with van der Waals surface area (Å²) in [6, 6.07) is 0. The molecule has 59 heavy (non-hydrogen) atoms. The molecule has 0 heterocycles. The van der Waals surface area contributed by atoms with Crippen molar-refractivity contribution in [3.8, 4) is 0 Å². The third kappa shape index (κ3) is 47.6. The van der Waals surface area contributed by atoms with E-state index >= 15 is 0 Å². The first-order valence-electron chi connectivity index (χ1n) is 25.0. The van der Waals surface area contributed by atoms with Crippen molar-refractivity contribution >= 4 is 13.8 Å². The average molecular weight is 854 g/mol. The minimum absolute atomic E-state index is 0.0971. The van der Waals surface area contributed by atoms with Crippen molar-refractivity contribution in [1.82, 2.24) is 0 Å². The van der Waals surface area contributed by atoms with Gasteiger partial charge in [-0.3, -0.25) is 13.8 Å². The highest BCUT2D eigenvalue weighted by Gasteiger charge is 2.25. The van der Waals surface area contributed by atoms with Crippen LogP contribution in [0.1, 0.15) is 239 Å². The number of ether oxygens (including phenoxy) is 2. The summed E-state index contributed by atoms with van der Waals surface area (Å²) >= 11 is 0. The molecule has 0 aliphatic carbocycles. The summed E-state index contributed by atoms with van der Waals surface area (Å²) in [5.74, 6) is -0.339. The van der Waals surface area contributed by atoms with Crippen LogP contribution in [0.4, 0.5) is 0 Å². The SMILES string of the molecule is CCCCCCC/C=C\C/C=C\C/C=C\CCCCCCCCC(=O)OC(COCCCCCCCCCCCCCCCCCCCCC)COP(=O)(O)OCCN. The zero-order chi connectivity index (χ0) is 43.0. The van der Waals surface area contributed by atoms with Gasteiger partial charge in [-0.25, -0.2) is 4.57 Å². The molecule has 2 unspecified atom stereocenters. The number of carbonyl (C=O) groups excluding carboxylic acids is 1. The number of phosphoric acid groups is 1. The molecule has 0 aliphatic heterocycles. The quantitative estimate of drug-likeness (QED) is 0.0269. The van der Waals surface area contributed by atoms with E-state index < -0.39 is 13.9 Å². The lowest BCUT2D eigenvalue weighted by Gasteiger charge is -2.20. The number of rotatable bonds is 48. The van der Waals surface area contributed by atoms with Crippen molar-refractivity contribution < 1.29 is 32.8 Å². The molecular weight excluding hydrogens is 758 g/mol. The highest BCUT2D eigenvalue weighted by atomic mass is 31.2. The smallest absolute Gasteiger partial charge is 0.457 e. The molecule has 2 atom stereocenters. The minimum Gasteiger partial charge on any atom is -0.457 e. The molecule has 0 spiro atoms. The number of phosphoric ester groups is 1. The van der Waals surface area contributed by atoms with Gasteiger partial charge in [-0.05, 0) is 51.4 Å². The van der Waals surface area contributed by atoms with Gasteiger partial charge in [0.25, 0.3) is 0 Å². The zero-order valence-electron chi connectivity index (χ0n) is 38.7. The number of allylic oxidation sites excluding steroid dienone is 6. The van der Waals surface area contributed by atoms with Crippen molar-refractivity contribution in [2.45, 2.75) is 245 Å². The van der Waals surface area contributed by atoms with Crippen molar-refractivity contribution in [2.24, 2.45) is 5.73 Å². The first-order valence-corrected chi connectivity index (χ1v) is 26.5. The van der Waals surface area contributed by atoms with E-state index in [-0.39, 0.29) is 32.3 Å². The number of nitrogens with two attached hydrogens (primary N) is 1. The molecule has 0 amide bonds. The largest absolute Gasteiger partial charge is 0.472 e. The lowest BCUT2D eigenvalue weighted by Crippen LogP contribution is -2.28. The van der Waals surface area contributed by atoms with Crippen molar-refractivity contribution in [2.75, 3.05) is 33.0 Å². The molecule has 9 heteroatoms. The van der Waals surface area contributed by atoms with Crippen molar-refractivity contribution in [3.63, 3.8) is 0 Å². The highest BCUT2D eigenvalue weighted by molar-refractivity contribution is 7.47. The normalized spacial score (nSPS) is 13.6. The number of hydrogen-bond donors (Lipinski definition) is 2. The van der Waals surface area contributed by atoms with E-state index in [0.717, 1.165) is 57.8 Å². The van der Waals surface area contributed by atoms with Crippen LogP contribution >= 0.6 is 7.82 Å². The Bertz CT molecular complexity index is 1000. The Morgan fingerprint density at radius 1 is 0.508 bits per heavy atom. The van der Waals surface area contributed by atoms with E-state index in [1.165, 1.54) is 161 Å². The van der Waals surface area contributed by atoms with E-state index in [1.54, 1.807) is 0 Å². The molecule has 0 aliphatic rings. The van der Waals surface area contributed by atoms with Gasteiger partial charge in [-0.1, -0.05) is 217 Å². The van der Waals surface area contributed by atoms with Gasteiger partial charge in [0.15, 0.2) is 0 Å². The summed E-state index contributed by atoms with van der Waals surface area (Å²) < 4.78 is 33.6. The summed E-state index contributed by atoms with van der Waals surface area (Å²) in [5, 5.41) is 0. The second kappa shape index (κ2) is 47.8. The Morgan fingerprint density at radius 3 is 1.34 bits per heavy atom. The molecule has 348 valence electrons. The van der Waals surface area contributed by atoms with E-state index in [1.807, 2.05) is 0 Å². The molecule has 3 N–H and O–H groups in total. The molecule has 8 nitrogen and oxygen atoms in total. The van der Waals surface area contributed by atoms with Crippen LogP contribution in [0.15, 0.2) is 36.5 Å². The standard InChI is InChI=1S/C50H96NO7P/c1-3-5-7-9-11-13-15-17-19-21-23-24-25-27-29-31-33-35-37-39-41-43-50(52)58-49(48-57-59(53,54)56-46-44-51)47-55-45-42-40-38-36-34-32-30-28-26-22-20-18-16-14-12-10-8-6-4-2/h15,17,21,23,25,27,49H,3-14,16,18-20,22,24,26,28-48,51H2,1-2H3,(H,53,54)/b17-15-,23-21-,27-25-. The Morgan fingerprint density at radius 2 is 0.898 bits per heavy atom. The maximum absolute atomic E-state index is 12.6. The molecular formula is C50H96NO7P. The first-order chi connectivity index (χ1) is 28.9. The molecule has 0 fully saturated rings. The average Bonchev–Trinajstić information content (AvgIpc) is 3.23. The van der Waals surface area contributed by atoms with Crippen molar-refractivity contribution in [3.05, 3.63) is 36.5 Å². The molecule has 0 aromatic carbocycles. The van der Waals surface area contributed by atoms with E-state index in [9.17, 15) is 14.3 Å². The molecule has 0 bridgehead atoms. The van der Waals surface area contributed by atoms with Crippen LogP contribution in [0.3, 0.4) is 0 Å². The molecule has 0 rings (SSSR count). The summed E-state index contributed by atoms with van der Waals surface area (Å²) in [6.45, 7) is 4.94. The van der Waals surface area contributed by atoms with Gasteiger partial charge in [0.2, 0.25) is 0 Å². The fraction of sp³-hybridized carbons (Fsp3) is 0.860. The monoisotopic (exact) mass is 854 g/mol. The minimum atomic E-state index is -4.28. The highest BCUT2D eigenvalue weighted by Crippen LogP contribution is 2.43. The molecule has 0 saturated carbocycles. The predicted molar refractivity (Wildman–Crippen MR) is 252 cm³/mol. The number of unbranched alkanes of at least 4 members (excludes halogenated alkanes) is 29. The molecule has 0 aromatic heterocycles. The topological polar surface area (TPSA) is 117 Å². The lowest BCUT2D eigenvalue weighted by molar-refractivity contribution is -0.154. The van der Waals surface area contributed by atoms with E-state index in [4.69, 9.17) is 24.3 Å². The van der Waals surface area contributed by atoms with Crippen LogP contribution < -0.4 is 5.73 Å². The third-order valence-electron chi connectivity index (χ3n) is 10.8. The maximum Gasteiger partial charge on any atom is 0.472 e. The van der Waals surface area contributed by atoms with Gasteiger partial charge < -0.3 is 20.1 Å². The second-order valence-corrected chi connectivity index (χ2v) is 18.1. The fourth-order valence-corrected chi connectivity index (χ4v) is 7.89. The van der Waals surface area contributed by atoms with Crippen LogP contribution in [0, 0.1) is 0 Å². The van der Waals surface area contributed by atoms with Gasteiger partial charge in [0, 0.05) is 19.6 Å². The van der Waals surface area contributed by atoms with Gasteiger partial charge in [-0.15, -0.1) is 0 Å². The van der Waals surface area contributed by atoms with Gasteiger partial charge in [0.1, 0.15) is 6.10 Å². The van der Waals surface area contributed by atoms with E-state index in [0.29, 0.717) is 13.0 Å².